The molecular weight excluding hydrogens is 222 g/mol. The Morgan fingerprint density at radius 1 is 1.50 bits per heavy atom. The SMILES string of the molecule is Brc1cnn(C2CCOCC2)n1. The van der Waals surface area contributed by atoms with Gasteiger partial charge < -0.3 is 4.74 Å². The fraction of sp³-hybridized carbons (Fsp3) is 0.714. The lowest BCUT2D eigenvalue weighted by atomic mass is 10.1. The van der Waals surface area contributed by atoms with Crippen LogP contribution < -0.4 is 0 Å². The quantitative estimate of drug-likeness (QED) is 0.734. The lowest BCUT2D eigenvalue weighted by molar-refractivity contribution is 0.0620. The third kappa shape index (κ3) is 1.67. The van der Waals surface area contributed by atoms with Crippen LogP contribution in [-0.2, 0) is 4.74 Å². The summed E-state index contributed by atoms with van der Waals surface area (Å²) >= 11 is 3.27. The van der Waals surface area contributed by atoms with Gasteiger partial charge in [-0.2, -0.15) is 9.90 Å². The average Bonchev–Trinajstić information content (AvgIpc) is 2.54. The van der Waals surface area contributed by atoms with Crippen molar-refractivity contribution < 1.29 is 4.74 Å². The fourth-order valence-corrected chi connectivity index (χ4v) is 1.60. The number of rotatable bonds is 1. The van der Waals surface area contributed by atoms with Gasteiger partial charge in [-0.05, 0) is 28.8 Å². The summed E-state index contributed by atoms with van der Waals surface area (Å²) in [4.78, 5) is 1.77. The minimum absolute atomic E-state index is 0.421. The summed E-state index contributed by atoms with van der Waals surface area (Å²) in [6, 6.07) is 0.421. The Kier molecular flexibility index (Phi) is 2.41. The van der Waals surface area contributed by atoms with Crippen molar-refractivity contribution >= 4 is 15.9 Å². The Morgan fingerprint density at radius 2 is 2.25 bits per heavy atom. The van der Waals surface area contributed by atoms with Gasteiger partial charge in [0.2, 0.25) is 0 Å². The summed E-state index contributed by atoms with van der Waals surface area (Å²) < 4.78 is 6.05. The molecule has 2 heterocycles. The minimum atomic E-state index is 0.421. The molecule has 1 aliphatic rings. The molecule has 0 bridgehead atoms. The van der Waals surface area contributed by atoms with Gasteiger partial charge in [-0.3, -0.25) is 0 Å². The van der Waals surface area contributed by atoms with E-state index in [9.17, 15) is 0 Å². The summed E-state index contributed by atoms with van der Waals surface area (Å²) in [6.07, 6.45) is 3.75. The summed E-state index contributed by atoms with van der Waals surface area (Å²) in [5.74, 6) is 0. The van der Waals surface area contributed by atoms with E-state index >= 15 is 0 Å². The van der Waals surface area contributed by atoms with Gasteiger partial charge in [0.15, 0.2) is 0 Å². The summed E-state index contributed by atoms with van der Waals surface area (Å²) in [5, 5.41) is 8.34. The number of aromatic nitrogens is 3. The molecule has 1 aromatic rings. The Hall–Kier alpha value is -0.420. The molecule has 1 fully saturated rings. The zero-order valence-corrected chi connectivity index (χ0v) is 8.20. The first kappa shape index (κ1) is 8.19. The number of nitrogens with zero attached hydrogens (tertiary/aromatic N) is 3. The maximum Gasteiger partial charge on any atom is 0.148 e. The fourth-order valence-electron chi connectivity index (χ4n) is 1.35. The van der Waals surface area contributed by atoms with Crippen molar-refractivity contribution in [2.24, 2.45) is 0 Å². The van der Waals surface area contributed by atoms with Gasteiger partial charge in [0.1, 0.15) is 4.60 Å². The third-order valence-corrected chi connectivity index (χ3v) is 2.36. The van der Waals surface area contributed by atoms with Crippen molar-refractivity contribution in [3.8, 4) is 0 Å². The number of ether oxygens (including phenoxy) is 1. The lowest BCUT2D eigenvalue weighted by Crippen LogP contribution is -2.21. The molecule has 0 aliphatic carbocycles. The van der Waals surface area contributed by atoms with E-state index in [1.165, 1.54) is 0 Å². The predicted octanol–water partition coefficient (Wildman–Crippen LogP) is 1.39. The van der Waals surface area contributed by atoms with Gasteiger partial charge in [0.25, 0.3) is 0 Å². The van der Waals surface area contributed by atoms with E-state index in [1.54, 1.807) is 11.0 Å². The molecule has 5 heteroatoms. The van der Waals surface area contributed by atoms with Crippen LogP contribution in [0.15, 0.2) is 10.8 Å². The maximum atomic E-state index is 5.25. The first-order valence-electron chi connectivity index (χ1n) is 4.01. The molecule has 12 heavy (non-hydrogen) atoms. The molecule has 0 atom stereocenters. The topological polar surface area (TPSA) is 39.9 Å². The van der Waals surface area contributed by atoms with Crippen molar-refractivity contribution in [1.29, 1.82) is 0 Å². The molecule has 0 aromatic carbocycles. The molecular formula is C7H10BrN3O. The van der Waals surface area contributed by atoms with Crippen LogP contribution in [0.5, 0.6) is 0 Å². The van der Waals surface area contributed by atoms with Gasteiger partial charge in [0, 0.05) is 13.2 Å². The van der Waals surface area contributed by atoms with Crippen molar-refractivity contribution in [2.45, 2.75) is 18.9 Å². The largest absolute Gasteiger partial charge is 0.381 e. The van der Waals surface area contributed by atoms with Crippen molar-refractivity contribution in [3.05, 3.63) is 10.8 Å². The van der Waals surface area contributed by atoms with Crippen LogP contribution in [0.1, 0.15) is 18.9 Å². The van der Waals surface area contributed by atoms with Crippen LogP contribution in [0.2, 0.25) is 0 Å². The molecule has 0 unspecified atom stereocenters. The summed E-state index contributed by atoms with van der Waals surface area (Å²) in [7, 11) is 0. The van der Waals surface area contributed by atoms with Crippen LogP contribution in [0.3, 0.4) is 0 Å². The van der Waals surface area contributed by atoms with E-state index in [0.29, 0.717) is 6.04 Å². The third-order valence-electron chi connectivity index (χ3n) is 2.00. The minimum Gasteiger partial charge on any atom is -0.381 e. The highest BCUT2D eigenvalue weighted by atomic mass is 79.9. The van der Waals surface area contributed by atoms with Crippen molar-refractivity contribution in [3.63, 3.8) is 0 Å². The number of hydrogen-bond donors (Lipinski definition) is 0. The standard InChI is InChI=1S/C7H10BrN3O/c8-7-5-9-11(10-7)6-1-3-12-4-2-6/h5-6H,1-4H2. The van der Waals surface area contributed by atoms with Gasteiger partial charge in [-0.25, -0.2) is 0 Å². The molecule has 0 spiro atoms. The first-order valence-corrected chi connectivity index (χ1v) is 4.80. The van der Waals surface area contributed by atoms with Crippen molar-refractivity contribution in [2.75, 3.05) is 13.2 Å². The first-order chi connectivity index (χ1) is 5.86. The Labute approximate surface area is 79.0 Å². The molecule has 1 aliphatic heterocycles. The van der Waals surface area contributed by atoms with Gasteiger partial charge in [-0.15, -0.1) is 5.10 Å². The highest BCUT2D eigenvalue weighted by Crippen LogP contribution is 2.19. The van der Waals surface area contributed by atoms with Gasteiger partial charge >= 0.3 is 0 Å². The molecule has 0 amide bonds. The van der Waals surface area contributed by atoms with Crippen LogP contribution in [0.25, 0.3) is 0 Å². The Morgan fingerprint density at radius 3 is 2.83 bits per heavy atom. The summed E-state index contributed by atoms with van der Waals surface area (Å²) in [5.41, 5.74) is 0. The molecule has 1 saturated heterocycles. The normalized spacial score (nSPS) is 19.8. The van der Waals surface area contributed by atoms with Crippen LogP contribution in [-0.4, -0.2) is 28.2 Å². The highest BCUT2D eigenvalue weighted by molar-refractivity contribution is 9.10. The van der Waals surface area contributed by atoms with Gasteiger partial charge in [0.05, 0.1) is 12.2 Å². The van der Waals surface area contributed by atoms with E-state index in [1.807, 2.05) is 0 Å². The predicted molar refractivity (Wildman–Crippen MR) is 46.8 cm³/mol. The Bertz CT molecular complexity index is 257. The van der Waals surface area contributed by atoms with E-state index in [4.69, 9.17) is 4.74 Å². The van der Waals surface area contributed by atoms with Crippen molar-refractivity contribution in [1.82, 2.24) is 15.0 Å². The second kappa shape index (κ2) is 3.53. The van der Waals surface area contributed by atoms with Gasteiger partial charge in [-0.1, -0.05) is 0 Å². The highest BCUT2D eigenvalue weighted by Gasteiger charge is 2.16. The maximum absolute atomic E-state index is 5.25. The summed E-state index contributed by atoms with van der Waals surface area (Å²) in [6.45, 7) is 1.65. The second-order valence-corrected chi connectivity index (χ2v) is 3.64. The van der Waals surface area contributed by atoms with Crippen LogP contribution in [0.4, 0.5) is 0 Å². The van der Waals surface area contributed by atoms with E-state index in [0.717, 1.165) is 30.7 Å². The van der Waals surface area contributed by atoms with E-state index in [-0.39, 0.29) is 0 Å². The van der Waals surface area contributed by atoms with E-state index < -0.39 is 0 Å². The van der Waals surface area contributed by atoms with Crippen LogP contribution in [0, 0.1) is 0 Å². The second-order valence-electron chi connectivity index (χ2n) is 2.83. The molecule has 0 saturated carbocycles. The monoisotopic (exact) mass is 231 g/mol. The smallest absolute Gasteiger partial charge is 0.148 e. The molecule has 0 N–H and O–H groups in total. The zero-order chi connectivity index (χ0) is 8.39. The molecule has 0 radical (unpaired) electrons. The zero-order valence-electron chi connectivity index (χ0n) is 6.61. The van der Waals surface area contributed by atoms with E-state index in [2.05, 4.69) is 26.1 Å². The molecule has 1 aromatic heterocycles. The molecule has 4 nitrogen and oxygen atoms in total. The Balaban J connectivity index is 2.08. The lowest BCUT2D eigenvalue weighted by Gasteiger charge is -2.20. The number of halogens is 1. The molecule has 2 rings (SSSR count). The number of hydrogen-bond acceptors (Lipinski definition) is 3. The average molecular weight is 232 g/mol. The molecule has 66 valence electrons. The van der Waals surface area contributed by atoms with Crippen LogP contribution >= 0.6 is 15.9 Å².